The number of nitrogens with zero attached hydrogens (tertiary/aromatic N) is 2. The SMILES string of the molecule is CCc1nc2c(Br)cc(C)cn2c1C(=O)NCc1ccc2c(c1)OCO2. The Hall–Kier alpha value is -2.54. The normalized spacial score (nSPS) is 12.6. The number of carbonyl (C=O) groups is 1. The van der Waals surface area contributed by atoms with Crippen LogP contribution in [0.5, 0.6) is 11.5 Å². The second-order valence-electron chi connectivity index (χ2n) is 6.19. The van der Waals surface area contributed by atoms with Gasteiger partial charge < -0.3 is 14.8 Å². The number of amides is 1. The van der Waals surface area contributed by atoms with Gasteiger partial charge in [0.15, 0.2) is 17.1 Å². The maximum atomic E-state index is 12.9. The number of imidazole rings is 1. The smallest absolute Gasteiger partial charge is 0.270 e. The molecule has 1 aliphatic rings. The third kappa shape index (κ3) is 2.92. The summed E-state index contributed by atoms with van der Waals surface area (Å²) < 4.78 is 13.4. The third-order valence-electron chi connectivity index (χ3n) is 4.32. The number of aryl methyl sites for hydroxylation is 2. The molecule has 0 unspecified atom stereocenters. The van der Waals surface area contributed by atoms with Crippen LogP contribution in [0.25, 0.3) is 5.65 Å². The molecule has 1 aliphatic heterocycles. The lowest BCUT2D eigenvalue weighted by molar-refractivity contribution is 0.0944. The van der Waals surface area contributed by atoms with E-state index in [0.717, 1.165) is 32.7 Å². The second kappa shape index (κ2) is 6.64. The average Bonchev–Trinajstić information content (AvgIpc) is 3.23. The summed E-state index contributed by atoms with van der Waals surface area (Å²) in [5, 5.41) is 2.99. The zero-order valence-corrected chi connectivity index (χ0v) is 16.1. The van der Waals surface area contributed by atoms with Crippen molar-refractivity contribution in [1.82, 2.24) is 14.7 Å². The Bertz CT molecular complexity index is 1010. The number of benzene rings is 1. The van der Waals surface area contributed by atoms with Crippen molar-refractivity contribution in [3.63, 3.8) is 0 Å². The molecule has 1 amide bonds. The minimum atomic E-state index is -0.149. The first-order valence-electron chi connectivity index (χ1n) is 8.40. The molecule has 0 saturated heterocycles. The first-order chi connectivity index (χ1) is 12.6. The topological polar surface area (TPSA) is 64.9 Å². The summed E-state index contributed by atoms with van der Waals surface area (Å²) >= 11 is 3.54. The summed E-state index contributed by atoms with van der Waals surface area (Å²) in [7, 11) is 0. The Morgan fingerprint density at radius 1 is 1.31 bits per heavy atom. The van der Waals surface area contributed by atoms with Crippen LogP contribution in [0.3, 0.4) is 0 Å². The summed E-state index contributed by atoms with van der Waals surface area (Å²) in [6.07, 6.45) is 2.61. The second-order valence-corrected chi connectivity index (χ2v) is 7.04. The first-order valence-corrected chi connectivity index (χ1v) is 9.20. The lowest BCUT2D eigenvalue weighted by atomic mass is 10.2. The molecule has 0 atom stereocenters. The zero-order chi connectivity index (χ0) is 18.3. The van der Waals surface area contributed by atoms with Gasteiger partial charge in [-0.25, -0.2) is 4.98 Å². The number of ether oxygens (including phenoxy) is 2. The molecule has 7 heteroatoms. The van der Waals surface area contributed by atoms with Gasteiger partial charge in [-0.3, -0.25) is 9.20 Å². The third-order valence-corrected chi connectivity index (χ3v) is 4.91. The van der Waals surface area contributed by atoms with Crippen molar-refractivity contribution >= 4 is 27.5 Å². The molecule has 0 saturated carbocycles. The number of hydrogen-bond acceptors (Lipinski definition) is 4. The van der Waals surface area contributed by atoms with Crippen molar-refractivity contribution in [3.8, 4) is 11.5 Å². The van der Waals surface area contributed by atoms with Crippen LogP contribution in [-0.2, 0) is 13.0 Å². The number of carbonyl (C=O) groups excluding carboxylic acids is 1. The van der Waals surface area contributed by atoms with E-state index >= 15 is 0 Å². The van der Waals surface area contributed by atoms with Crippen LogP contribution in [0, 0.1) is 6.92 Å². The monoisotopic (exact) mass is 415 g/mol. The van der Waals surface area contributed by atoms with Crippen molar-refractivity contribution in [2.75, 3.05) is 6.79 Å². The molecule has 2 aromatic heterocycles. The Balaban J connectivity index is 1.62. The van der Waals surface area contributed by atoms with E-state index in [1.165, 1.54) is 0 Å². The van der Waals surface area contributed by atoms with E-state index in [1.807, 2.05) is 48.7 Å². The molecule has 1 N–H and O–H groups in total. The van der Waals surface area contributed by atoms with Gasteiger partial charge in [0.2, 0.25) is 6.79 Å². The maximum Gasteiger partial charge on any atom is 0.270 e. The summed E-state index contributed by atoms with van der Waals surface area (Å²) in [4.78, 5) is 17.5. The van der Waals surface area contributed by atoms with Crippen molar-refractivity contribution in [2.45, 2.75) is 26.8 Å². The largest absolute Gasteiger partial charge is 0.454 e. The van der Waals surface area contributed by atoms with Crippen molar-refractivity contribution in [3.05, 3.63) is 57.4 Å². The van der Waals surface area contributed by atoms with Gasteiger partial charge in [0, 0.05) is 12.7 Å². The van der Waals surface area contributed by atoms with Crippen LogP contribution in [0.15, 0.2) is 34.9 Å². The molecule has 0 spiro atoms. The Labute approximate surface area is 159 Å². The molecule has 134 valence electrons. The van der Waals surface area contributed by atoms with Gasteiger partial charge in [0.05, 0.1) is 10.2 Å². The summed E-state index contributed by atoms with van der Waals surface area (Å²) in [6, 6.07) is 7.66. The van der Waals surface area contributed by atoms with Crippen LogP contribution < -0.4 is 14.8 Å². The molecule has 0 fully saturated rings. The van der Waals surface area contributed by atoms with Crippen LogP contribution in [0.4, 0.5) is 0 Å². The highest BCUT2D eigenvalue weighted by Gasteiger charge is 2.20. The van der Waals surface area contributed by atoms with E-state index in [9.17, 15) is 4.79 Å². The maximum absolute atomic E-state index is 12.9. The highest BCUT2D eigenvalue weighted by atomic mass is 79.9. The lowest BCUT2D eigenvalue weighted by Crippen LogP contribution is -2.25. The Kier molecular flexibility index (Phi) is 4.32. The van der Waals surface area contributed by atoms with Gasteiger partial charge in [-0.2, -0.15) is 0 Å². The molecule has 4 rings (SSSR count). The molecule has 6 nitrogen and oxygen atoms in total. The number of rotatable bonds is 4. The lowest BCUT2D eigenvalue weighted by Gasteiger charge is -2.08. The van der Waals surface area contributed by atoms with E-state index in [2.05, 4.69) is 26.2 Å². The van der Waals surface area contributed by atoms with Gasteiger partial charge in [0.25, 0.3) is 5.91 Å². The molecule has 26 heavy (non-hydrogen) atoms. The van der Waals surface area contributed by atoms with Crippen LogP contribution in [0.1, 0.15) is 34.2 Å². The van der Waals surface area contributed by atoms with E-state index in [4.69, 9.17) is 9.47 Å². The molecular formula is C19H18BrN3O3. The van der Waals surface area contributed by atoms with E-state index < -0.39 is 0 Å². The van der Waals surface area contributed by atoms with Gasteiger partial charge in [-0.1, -0.05) is 13.0 Å². The minimum absolute atomic E-state index is 0.149. The fraction of sp³-hybridized carbons (Fsp3) is 0.263. The fourth-order valence-electron chi connectivity index (χ4n) is 3.08. The first kappa shape index (κ1) is 16.9. The van der Waals surface area contributed by atoms with Gasteiger partial charge in [0.1, 0.15) is 5.69 Å². The average molecular weight is 416 g/mol. The molecule has 0 bridgehead atoms. The van der Waals surface area contributed by atoms with Gasteiger partial charge in [-0.05, 0) is 58.6 Å². The summed E-state index contributed by atoms with van der Waals surface area (Å²) in [5.41, 5.74) is 4.11. The highest BCUT2D eigenvalue weighted by Crippen LogP contribution is 2.32. The summed E-state index contributed by atoms with van der Waals surface area (Å²) in [5.74, 6) is 1.29. The van der Waals surface area contributed by atoms with E-state index in [1.54, 1.807) is 0 Å². The highest BCUT2D eigenvalue weighted by molar-refractivity contribution is 9.10. The zero-order valence-electron chi connectivity index (χ0n) is 14.5. The molecule has 0 aliphatic carbocycles. The molecular weight excluding hydrogens is 398 g/mol. The molecule has 0 radical (unpaired) electrons. The van der Waals surface area contributed by atoms with Crippen molar-refractivity contribution in [2.24, 2.45) is 0 Å². The minimum Gasteiger partial charge on any atom is -0.454 e. The number of halogens is 1. The van der Waals surface area contributed by atoms with Crippen LogP contribution in [-0.4, -0.2) is 22.1 Å². The number of nitrogens with one attached hydrogen (secondary N) is 1. The Morgan fingerprint density at radius 2 is 2.12 bits per heavy atom. The molecule has 3 heterocycles. The fourth-order valence-corrected chi connectivity index (χ4v) is 3.72. The van der Waals surface area contributed by atoms with Gasteiger partial charge in [-0.15, -0.1) is 0 Å². The summed E-state index contributed by atoms with van der Waals surface area (Å²) in [6.45, 7) is 4.63. The van der Waals surface area contributed by atoms with Gasteiger partial charge >= 0.3 is 0 Å². The van der Waals surface area contributed by atoms with E-state index in [-0.39, 0.29) is 12.7 Å². The molecule has 3 aromatic rings. The number of hydrogen-bond donors (Lipinski definition) is 1. The number of fused-ring (bicyclic) bond motifs is 2. The predicted molar refractivity (Wildman–Crippen MR) is 101 cm³/mol. The van der Waals surface area contributed by atoms with Crippen LogP contribution in [0.2, 0.25) is 0 Å². The molecule has 1 aromatic carbocycles. The van der Waals surface area contributed by atoms with E-state index in [0.29, 0.717) is 24.4 Å². The number of pyridine rings is 1. The quantitative estimate of drug-likeness (QED) is 0.706. The predicted octanol–water partition coefficient (Wildman–Crippen LogP) is 3.63. The standard InChI is InChI=1S/C19H18BrN3O3/c1-3-14-17(23-9-11(2)6-13(20)18(23)22-14)19(24)21-8-12-4-5-15-16(7-12)26-10-25-15/h4-7,9H,3,8,10H2,1-2H3,(H,21,24). The van der Waals surface area contributed by atoms with Crippen LogP contribution >= 0.6 is 15.9 Å². The Morgan fingerprint density at radius 3 is 2.92 bits per heavy atom. The van der Waals surface area contributed by atoms with Crippen molar-refractivity contribution < 1.29 is 14.3 Å². The van der Waals surface area contributed by atoms with Crippen molar-refractivity contribution in [1.29, 1.82) is 0 Å². The number of aromatic nitrogens is 2.